The molecule has 1 atom stereocenters. The molecule has 1 aliphatic carbocycles. The number of fused-ring (bicyclic) bond motifs is 1. The van der Waals surface area contributed by atoms with Gasteiger partial charge in [0.05, 0.1) is 6.04 Å². The van der Waals surface area contributed by atoms with Crippen molar-refractivity contribution < 1.29 is 4.79 Å². The maximum atomic E-state index is 11.6. The molecule has 2 saturated heterocycles. The van der Waals surface area contributed by atoms with Gasteiger partial charge in [-0.2, -0.15) is 0 Å². The number of carbonyl (C=O) groups is 1. The Morgan fingerprint density at radius 2 is 2.00 bits per heavy atom. The minimum atomic E-state index is 0.0983. The van der Waals surface area contributed by atoms with Gasteiger partial charge in [-0.15, -0.1) is 0 Å². The number of urea groups is 1. The van der Waals surface area contributed by atoms with Crippen LogP contribution in [0.25, 0.3) is 0 Å². The maximum absolute atomic E-state index is 11.6. The molecule has 2 N–H and O–H groups in total. The van der Waals surface area contributed by atoms with Crippen LogP contribution in [0.1, 0.15) is 18.4 Å². The number of rotatable bonds is 4. The highest BCUT2D eigenvalue weighted by Crippen LogP contribution is 2.23. The molecule has 1 aromatic rings. The van der Waals surface area contributed by atoms with Crippen molar-refractivity contribution in [3.63, 3.8) is 0 Å². The molecule has 1 aromatic carbocycles. The topological polar surface area (TPSA) is 47.6 Å². The molecule has 2 amide bonds. The smallest absolute Gasteiger partial charge is 0.317 e. The third kappa shape index (κ3) is 2.70. The van der Waals surface area contributed by atoms with Crippen LogP contribution in [-0.2, 0) is 6.54 Å². The van der Waals surface area contributed by atoms with Crippen LogP contribution in [0.2, 0.25) is 0 Å². The first-order chi connectivity index (χ1) is 10.3. The SMILES string of the molecule is O=C1NCC2CN(c3ccc(CNC4CC4)cc3)CCN12. The van der Waals surface area contributed by atoms with E-state index in [0.717, 1.165) is 38.8 Å². The van der Waals surface area contributed by atoms with E-state index in [1.165, 1.54) is 24.1 Å². The molecule has 3 aliphatic rings. The number of anilines is 1. The van der Waals surface area contributed by atoms with Crippen LogP contribution in [0.15, 0.2) is 24.3 Å². The molecule has 4 rings (SSSR count). The highest BCUT2D eigenvalue weighted by Gasteiger charge is 2.35. The lowest BCUT2D eigenvalue weighted by Crippen LogP contribution is -2.52. The van der Waals surface area contributed by atoms with E-state index < -0.39 is 0 Å². The zero-order valence-electron chi connectivity index (χ0n) is 12.2. The predicted octanol–water partition coefficient (Wildman–Crippen LogP) is 1.15. The zero-order chi connectivity index (χ0) is 14.2. The summed E-state index contributed by atoms with van der Waals surface area (Å²) in [4.78, 5) is 16.0. The quantitative estimate of drug-likeness (QED) is 0.873. The summed E-state index contributed by atoms with van der Waals surface area (Å²) in [6, 6.07) is 10.0. The minimum Gasteiger partial charge on any atom is -0.368 e. The van der Waals surface area contributed by atoms with Crippen molar-refractivity contribution in [1.29, 1.82) is 0 Å². The first-order valence-electron chi connectivity index (χ1n) is 7.91. The summed E-state index contributed by atoms with van der Waals surface area (Å²) in [7, 11) is 0. The molecule has 0 radical (unpaired) electrons. The monoisotopic (exact) mass is 286 g/mol. The average molecular weight is 286 g/mol. The molecule has 0 bridgehead atoms. The molecule has 2 aliphatic heterocycles. The average Bonchev–Trinajstić information content (AvgIpc) is 3.29. The molecule has 112 valence electrons. The Balaban J connectivity index is 1.38. The summed E-state index contributed by atoms with van der Waals surface area (Å²) >= 11 is 0. The molecule has 0 spiro atoms. The van der Waals surface area contributed by atoms with Gasteiger partial charge in [0, 0.05) is 44.5 Å². The third-order valence-electron chi connectivity index (χ3n) is 4.71. The second-order valence-corrected chi connectivity index (χ2v) is 6.30. The van der Waals surface area contributed by atoms with Gasteiger partial charge in [-0.3, -0.25) is 0 Å². The number of nitrogens with one attached hydrogen (secondary N) is 2. The second kappa shape index (κ2) is 5.22. The molecule has 3 fully saturated rings. The number of piperazine rings is 1. The van der Waals surface area contributed by atoms with Crippen LogP contribution < -0.4 is 15.5 Å². The summed E-state index contributed by atoms with van der Waals surface area (Å²) < 4.78 is 0. The Kier molecular flexibility index (Phi) is 3.22. The van der Waals surface area contributed by atoms with E-state index >= 15 is 0 Å². The van der Waals surface area contributed by atoms with Crippen molar-refractivity contribution >= 4 is 11.7 Å². The summed E-state index contributed by atoms with van der Waals surface area (Å²) in [5.74, 6) is 0. The molecular weight excluding hydrogens is 264 g/mol. The fourth-order valence-electron chi connectivity index (χ4n) is 3.21. The zero-order valence-corrected chi connectivity index (χ0v) is 12.2. The van der Waals surface area contributed by atoms with E-state index in [-0.39, 0.29) is 6.03 Å². The Morgan fingerprint density at radius 1 is 1.19 bits per heavy atom. The van der Waals surface area contributed by atoms with E-state index in [1.54, 1.807) is 0 Å². The molecule has 2 heterocycles. The van der Waals surface area contributed by atoms with E-state index in [9.17, 15) is 4.79 Å². The third-order valence-corrected chi connectivity index (χ3v) is 4.71. The normalized spacial score (nSPS) is 25.0. The molecule has 1 unspecified atom stereocenters. The Morgan fingerprint density at radius 3 is 2.76 bits per heavy atom. The summed E-state index contributed by atoms with van der Waals surface area (Å²) in [5.41, 5.74) is 2.62. The Hall–Kier alpha value is -1.75. The summed E-state index contributed by atoms with van der Waals surface area (Å²) in [5, 5.41) is 6.47. The highest BCUT2D eigenvalue weighted by atomic mass is 16.2. The largest absolute Gasteiger partial charge is 0.368 e. The van der Waals surface area contributed by atoms with E-state index in [4.69, 9.17) is 0 Å². The molecule has 0 aromatic heterocycles. The van der Waals surface area contributed by atoms with Gasteiger partial charge in [0.1, 0.15) is 0 Å². The van der Waals surface area contributed by atoms with Crippen LogP contribution in [-0.4, -0.2) is 49.2 Å². The molecular formula is C16H22N4O. The number of hydrogen-bond donors (Lipinski definition) is 2. The number of benzene rings is 1. The van der Waals surface area contributed by atoms with Crippen molar-refractivity contribution in [2.45, 2.75) is 31.5 Å². The standard InChI is InChI=1S/C16H22N4O/c21-16-18-10-15-11-19(7-8-20(15)16)14-5-1-12(2-6-14)9-17-13-3-4-13/h1-2,5-6,13,15,17H,3-4,7-11H2,(H,18,21). The van der Waals surface area contributed by atoms with Crippen LogP contribution in [0, 0.1) is 0 Å². The van der Waals surface area contributed by atoms with E-state index in [1.807, 2.05) is 4.90 Å². The van der Waals surface area contributed by atoms with Crippen molar-refractivity contribution in [2.75, 3.05) is 31.1 Å². The second-order valence-electron chi connectivity index (χ2n) is 6.30. The molecule has 5 nitrogen and oxygen atoms in total. The van der Waals surface area contributed by atoms with Gasteiger partial charge in [0.15, 0.2) is 0 Å². The van der Waals surface area contributed by atoms with Gasteiger partial charge in [-0.05, 0) is 30.5 Å². The van der Waals surface area contributed by atoms with Gasteiger partial charge in [-0.25, -0.2) is 4.79 Å². The lowest BCUT2D eigenvalue weighted by molar-refractivity contribution is 0.197. The van der Waals surface area contributed by atoms with Crippen LogP contribution >= 0.6 is 0 Å². The van der Waals surface area contributed by atoms with Crippen LogP contribution in [0.4, 0.5) is 10.5 Å². The fraction of sp³-hybridized carbons (Fsp3) is 0.562. The van der Waals surface area contributed by atoms with Crippen molar-refractivity contribution in [3.05, 3.63) is 29.8 Å². The van der Waals surface area contributed by atoms with Crippen LogP contribution in [0.3, 0.4) is 0 Å². The maximum Gasteiger partial charge on any atom is 0.317 e. The van der Waals surface area contributed by atoms with Gasteiger partial charge in [0.25, 0.3) is 0 Å². The summed E-state index contributed by atoms with van der Waals surface area (Å²) in [6.45, 7) is 4.42. The lowest BCUT2D eigenvalue weighted by atomic mass is 10.1. The Bertz CT molecular complexity index is 526. The highest BCUT2D eigenvalue weighted by molar-refractivity contribution is 5.77. The molecule has 5 heteroatoms. The van der Waals surface area contributed by atoms with E-state index in [0.29, 0.717) is 6.04 Å². The Labute approximate surface area is 125 Å². The van der Waals surface area contributed by atoms with Gasteiger partial charge in [-0.1, -0.05) is 12.1 Å². The van der Waals surface area contributed by atoms with Crippen molar-refractivity contribution in [1.82, 2.24) is 15.5 Å². The summed E-state index contributed by atoms with van der Waals surface area (Å²) in [6.07, 6.45) is 2.66. The first-order valence-corrected chi connectivity index (χ1v) is 7.91. The fourth-order valence-corrected chi connectivity index (χ4v) is 3.21. The van der Waals surface area contributed by atoms with Crippen LogP contribution in [0.5, 0.6) is 0 Å². The van der Waals surface area contributed by atoms with Gasteiger partial charge < -0.3 is 20.4 Å². The first kappa shape index (κ1) is 13.0. The van der Waals surface area contributed by atoms with Gasteiger partial charge in [0.2, 0.25) is 0 Å². The van der Waals surface area contributed by atoms with E-state index in [2.05, 4.69) is 39.8 Å². The number of amides is 2. The lowest BCUT2D eigenvalue weighted by Gasteiger charge is -2.37. The predicted molar refractivity (Wildman–Crippen MR) is 82.4 cm³/mol. The number of carbonyl (C=O) groups excluding carboxylic acids is 1. The van der Waals surface area contributed by atoms with Gasteiger partial charge >= 0.3 is 6.03 Å². The minimum absolute atomic E-state index is 0.0983. The molecule has 1 saturated carbocycles. The van der Waals surface area contributed by atoms with Crippen molar-refractivity contribution in [3.8, 4) is 0 Å². The number of hydrogen-bond acceptors (Lipinski definition) is 3. The van der Waals surface area contributed by atoms with Crippen molar-refractivity contribution in [2.24, 2.45) is 0 Å². The molecule has 21 heavy (non-hydrogen) atoms. The number of nitrogens with zero attached hydrogens (tertiary/aromatic N) is 2.